The molecule has 0 saturated carbocycles. The van der Waals surface area contributed by atoms with Gasteiger partial charge in [0.15, 0.2) is 0 Å². The molecule has 16 nitrogen and oxygen atoms in total. The van der Waals surface area contributed by atoms with Gasteiger partial charge in [-0.05, 0) is 97.9 Å². The zero-order valence-electron chi connectivity index (χ0n) is 38.6. The van der Waals surface area contributed by atoms with Crippen LogP contribution in [0.15, 0.2) is 78.0 Å². The summed E-state index contributed by atoms with van der Waals surface area (Å²) in [4.78, 5) is 98.2. The molecule has 3 fully saturated rings. The van der Waals surface area contributed by atoms with Crippen LogP contribution in [0.25, 0.3) is 6.08 Å². The van der Waals surface area contributed by atoms with Gasteiger partial charge in [-0.3, -0.25) is 48.8 Å². The summed E-state index contributed by atoms with van der Waals surface area (Å²) in [5, 5.41) is 5.16. The van der Waals surface area contributed by atoms with Crippen LogP contribution in [-0.2, 0) is 33.4 Å². The van der Waals surface area contributed by atoms with Gasteiger partial charge in [0.05, 0.1) is 57.2 Å². The third-order valence-corrected chi connectivity index (χ3v) is 14.0. The Morgan fingerprint density at radius 2 is 1.50 bits per heavy atom. The van der Waals surface area contributed by atoms with E-state index >= 15 is 0 Å². The number of ether oxygens (including phenoxy) is 3. The largest absolute Gasteiger partial charge is 0.379 e. The summed E-state index contributed by atoms with van der Waals surface area (Å²) < 4.78 is 17.0. The molecule has 7 rings (SSSR count). The first-order chi connectivity index (χ1) is 33.2. The van der Waals surface area contributed by atoms with Crippen LogP contribution in [0.2, 0.25) is 0 Å². The van der Waals surface area contributed by atoms with Gasteiger partial charge in [0.1, 0.15) is 6.04 Å². The number of piperidine rings is 3. The van der Waals surface area contributed by atoms with Crippen molar-refractivity contribution in [1.82, 2.24) is 30.3 Å². The second-order valence-electron chi connectivity index (χ2n) is 17.5. The van der Waals surface area contributed by atoms with Gasteiger partial charge in [0.25, 0.3) is 17.7 Å². The van der Waals surface area contributed by atoms with E-state index in [1.165, 1.54) is 17.3 Å². The highest BCUT2D eigenvalue weighted by atomic mass is 32.2. The first-order valence-corrected chi connectivity index (χ1v) is 24.9. The van der Waals surface area contributed by atoms with E-state index in [1.54, 1.807) is 42.7 Å². The number of carbonyl (C=O) groups is 7. The highest BCUT2D eigenvalue weighted by molar-refractivity contribution is 7.99. The van der Waals surface area contributed by atoms with Crippen LogP contribution in [0, 0.1) is 5.92 Å². The summed E-state index contributed by atoms with van der Waals surface area (Å²) in [6, 6.07) is 15.8. The van der Waals surface area contributed by atoms with Crippen LogP contribution < -0.4 is 10.6 Å². The molecule has 4 aliphatic rings. The Hall–Kier alpha value is -5.75. The smallest absolute Gasteiger partial charge is 0.263 e. The summed E-state index contributed by atoms with van der Waals surface area (Å²) >= 11 is 1.39. The number of nitrogens with zero attached hydrogens (tertiary/aromatic N) is 4. The van der Waals surface area contributed by atoms with Crippen molar-refractivity contribution in [3.63, 3.8) is 0 Å². The lowest BCUT2D eigenvalue weighted by Gasteiger charge is -2.33. The Labute approximate surface area is 401 Å². The van der Waals surface area contributed by atoms with Crippen LogP contribution >= 0.6 is 11.8 Å². The minimum atomic E-state index is -1.01. The van der Waals surface area contributed by atoms with Crippen molar-refractivity contribution in [3.05, 3.63) is 101 Å². The molecule has 17 heteroatoms. The van der Waals surface area contributed by atoms with Gasteiger partial charge in [0.2, 0.25) is 23.6 Å². The average molecular weight is 951 g/mol. The van der Waals surface area contributed by atoms with Crippen molar-refractivity contribution in [1.29, 1.82) is 0 Å². The number of rotatable bonds is 23. The first-order valence-electron chi connectivity index (χ1n) is 23.9. The molecule has 1 aromatic heterocycles. The van der Waals surface area contributed by atoms with Crippen LogP contribution in [-0.4, -0.2) is 145 Å². The molecule has 2 N–H and O–H groups in total. The van der Waals surface area contributed by atoms with E-state index in [2.05, 4.69) is 27.8 Å². The molecule has 3 aromatic rings. The van der Waals surface area contributed by atoms with Gasteiger partial charge >= 0.3 is 0 Å². The zero-order chi connectivity index (χ0) is 47.7. The molecular weight excluding hydrogens is 889 g/mol. The minimum Gasteiger partial charge on any atom is -0.379 e. The normalized spacial score (nSPS) is 18.1. The molecule has 68 heavy (non-hydrogen) atoms. The molecule has 0 spiro atoms. The molecule has 3 saturated heterocycles. The number of benzene rings is 2. The second kappa shape index (κ2) is 25.6. The van der Waals surface area contributed by atoms with Crippen LogP contribution in [0.1, 0.15) is 112 Å². The number of pyridine rings is 1. The summed E-state index contributed by atoms with van der Waals surface area (Å²) in [5.74, 6) is -0.579. The fraction of sp³-hybridized carbons (Fsp3) is 0.490. The number of amides is 7. The third kappa shape index (κ3) is 13.9. The van der Waals surface area contributed by atoms with Crippen LogP contribution in [0.5, 0.6) is 0 Å². The summed E-state index contributed by atoms with van der Waals surface area (Å²) in [5.41, 5.74) is 3.33. The number of thioether (sulfide) groups is 1. The van der Waals surface area contributed by atoms with Gasteiger partial charge in [-0.25, -0.2) is 0 Å². The average Bonchev–Trinajstić information content (AvgIpc) is 3.62. The molecule has 0 bridgehead atoms. The Balaban J connectivity index is 0.681. The summed E-state index contributed by atoms with van der Waals surface area (Å²) in [6.45, 7) is 5.73. The van der Waals surface area contributed by atoms with Crippen LogP contribution in [0.4, 0.5) is 0 Å². The van der Waals surface area contributed by atoms with Crippen molar-refractivity contribution in [3.8, 4) is 0 Å². The highest BCUT2D eigenvalue weighted by Gasteiger charge is 2.45. The van der Waals surface area contributed by atoms with E-state index in [0.717, 1.165) is 74.1 Å². The fourth-order valence-corrected chi connectivity index (χ4v) is 10.1. The maximum Gasteiger partial charge on any atom is 0.263 e. The maximum absolute atomic E-state index is 13.3. The molecule has 1 atom stereocenters. The minimum absolute atomic E-state index is 0.0662. The topological polar surface area (TPSA) is 194 Å². The van der Waals surface area contributed by atoms with Crippen molar-refractivity contribution in [2.75, 3.05) is 78.1 Å². The Morgan fingerprint density at radius 3 is 2.22 bits per heavy atom. The van der Waals surface area contributed by atoms with E-state index in [0.29, 0.717) is 88.2 Å². The van der Waals surface area contributed by atoms with Gasteiger partial charge in [-0.1, -0.05) is 37.1 Å². The molecule has 5 heterocycles. The van der Waals surface area contributed by atoms with E-state index < -0.39 is 29.7 Å². The summed E-state index contributed by atoms with van der Waals surface area (Å²) in [7, 11) is 0. The van der Waals surface area contributed by atoms with Crippen LogP contribution in [0.3, 0.4) is 0 Å². The van der Waals surface area contributed by atoms with Crippen molar-refractivity contribution < 1.29 is 47.8 Å². The Bertz CT molecular complexity index is 2260. The number of hydrogen-bond donors (Lipinski definition) is 2. The maximum atomic E-state index is 13.3. The van der Waals surface area contributed by atoms with Gasteiger partial charge in [-0.15, -0.1) is 11.8 Å². The highest BCUT2D eigenvalue weighted by Crippen LogP contribution is 2.35. The number of fused-ring (bicyclic) bond motifs is 1. The summed E-state index contributed by atoms with van der Waals surface area (Å²) in [6.07, 6.45) is 14.0. The predicted octanol–water partition coefficient (Wildman–Crippen LogP) is 5.27. The van der Waals surface area contributed by atoms with Crippen molar-refractivity contribution in [2.45, 2.75) is 81.1 Å². The molecule has 0 radical (unpaired) electrons. The zero-order valence-corrected chi connectivity index (χ0v) is 39.4. The molecule has 0 aliphatic carbocycles. The lowest BCUT2D eigenvalue weighted by molar-refractivity contribution is -0.136. The first kappa shape index (κ1) is 50.1. The number of imide groups is 2. The van der Waals surface area contributed by atoms with E-state index in [9.17, 15) is 33.6 Å². The lowest BCUT2D eigenvalue weighted by atomic mass is 9.88. The number of hydrogen-bond acceptors (Lipinski definition) is 12. The number of unbranched alkanes of at least 4 members (excludes halogenated alkanes) is 1. The van der Waals surface area contributed by atoms with Gasteiger partial charge in [-0.2, -0.15) is 0 Å². The molecule has 2 aromatic carbocycles. The fourth-order valence-electron chi connectivity index (χ4n) is 9.12. The number of likely N-dealkylation sites (tertiary alicyclic amines) is 2. The molecule has 4 aliphatic heterocycles. The number of aromatic nitrogens is 1. The van der Waals surface area contributed by atoms with Crippen molar-refractivity contribution in [2.24, 2.45) is 5.92 Å². The third-order valence-electron chi connectivity index (χ3n) is 12.9. The number of nitrogens with one attached hydrogen (secondary N) is 2. The second-order valence-corrected chi connectivity index (χ2v) is 18.6. The quantitative estimate of drug-likeness (QED) is 0.0542. The molecule has 7 amide bonds. The molecular formula is C51H62N6O10S. The monoisotopic (exact) mass is 950 g/mol. The lowest BCUT2D eigenvalue weighted by Crippen LogP contribution is -2.54. The van der Waals surface area contributed by atoms with E-state index in [-0.39, 0.29) is 41.7 Å². The van der Waals surface area contributed by atoms with E-state index in [1.807, 2.05) is 34.1 Å². The molecule has 1 unspecified atom stereocenters. The molecule has 362 valence electrons. The standard InChI is InChI=1S/C51H62N6O10S/c58-44(15-9-37-6-4-22-52-35-37)53-23-2-1-5-36-17-24-56(25-18-36)49(62)40-12-10-38(11-13-40)39-19-26-55(27-20-39)46(60)21-28-65-29-30-66-31-32-67-33-34-68-43-8-3-7-41-47(43)51(64)57(50(41)63)42-14-16-45(59)54-48(42)61/h3-4,6-13,15,22,35-36,39,42H,1-2,5,14,16-21,23-34H2,(H,53,58)(H,54,59,61)/b15-9+. The number of carbonyl (C=O) groups excluding carboxylic acids is 7. The van der Waals surface area contributed by atoms with Crippen molar-refractivity contribution >= 4 is 59.2 Å². The van der Waals surface area contributed by atoms with Gasteiger partial charge in [0, 0.05) is 73.8 Å². The predicted molar refractivity (Wildman–Crippen MR) is 255 cm³/mol. The Kier molecular flexibility index (Phi) is 18.9. The van der Waals surface area contributed by atoms with E-state index in [4.69, 9.17) is 14.2 Å². The Morgan fingerprint density at radius 1 is 0.779 bits per heavy atom. The SMILES string of the molecule is O=C(/C=C/c1cccnc1)NCCCCC1CCN(C(=O)c2ccc(C3CCN(C(=O)CCOCCOCCOCCSc4cccc5c4C(=O)N(C4CCC(=O)NC4=O)C5=O)CC3)cc2)CC1. The van der Waals surface area contributed by atoms with Gasteiger partial charge < -0.3 is 29.3 Å².